The normalized spacial score (nSPS) is 12.5. The molecule has 1 N–H and O–H groups in total. The van der Waals surface area contributed by atoms with Crippen LogP contribution in [-0.2, 0) is 0 Å². The number of hydrogen-bond acceptors (Lipinski definition) is 5. The first kappa shape index (κ1) is 12.2. The molecule has 0 bridgehead atoms. The minimum Gasteiger partial charge on any atom is -0.353 e. The summed E-state index contributed by atoms with van der Waals surface area (Å²) in [4.78, 5) is 4.31. The smallest absolute Gasteiger partial charge is 0.242 e. The van der Waals surface area contributed by atoms with Crippen LogP contribution in [0.4, 0.5) is 5.95 Å². The maximum Gasteiger partial charge on any atom is 0.242 e. The quantitative estimate of drug-likeness (QED) is 0.831. The number of aromatic nitrogens is 3. The molecule has 0 aromatic carbocycles. The molecule has 4 nitrogen and oxygen atoms in total. The maximum absolute atomic E-state index is 4.31. The Morgan fingerprint density at radius 1 is 1.27 bits per heavy atom. The van der Waals surface area contributed by atoms with Gasteiger partial charge in [-0.1, -0.05) is 6.92 Å². The molecule has 0 aliphatic carbocycles. The molecule has 1 aromatic rings. The molecule has 1 heterocycles. The Hall–Kier alpha value is -0.840. The second kappa shape index (κ2) is 5.90. The number of nitrogens with one attached hydrogen (secondary N) is 1. The second-order valence-corrected chi connectivity index (χ2v) is 4.66. The highest BCUT2D eigenvalue weighted by molar-refractivity contribution is 7.98. The molecule has 1 unspecified atom stereocenters. The fourth-order valence-corrected chi connectivity index (χ4v) is 1.83. The van der Waals surface area contributed by atoms with Crippen molar-refractivity contribution < 1.29 is 0 Å². The van der Waals surface area contributed by atoms with Gasteiger partial charge >= 0.3 is 0 Å². The summed E-state index contributed by atoms with van der Waals surface area (Å²) in [5.41, 5.74) is 1.82. The topological polar surface area (TPSA) is 50.7 Å². The summed E-state index contributed by atoms with van der Waals surface area (Å²) in [5.74, 6) is 2.39. The van der Waals surface area contributed by atoms with Crippen LogP contribution in [0.15, 0.2) is 0 Å². The van der Waals surface area contributed by atoms with Gasteiger partial charge in [0.05, 0.1) is 11.4 Å². The maximum atomic E-state index is 4.31. The van der Waals surface area contributed by atoms with Crippen LogP contribution in [0.3, 0.4) is 0 Å². The first-order valence-corrected chi connectivity index (χ1v) is 6.43. The van der Waals surface area contributed by atoms with Crippen molar-refractivity contribution in [1.82, 2.24) is 15.2 Å². The highest BCUT2D eigenvalue weighted by Crippen LogP contribution is 2.06. The highest BCUT2D eigenvalue weighted by atomic mass is 32.2. The van der Waals surface area contributed by atoms with Gasteiger partial charge in [0.2, 0.25) is 5.95 Å². The van der Waals surface area contributed by atoms with Gasteiger partial charge in [0.1, 0.15) is 0 Å². The lowest BCUT2D eigenvalue weighted by Crippen LogP contribution is -2.16. The van der Waals surface area contributed by atoms with Crippen molar-refractivity contribution in [3.63, 3.8) is 0 Å². The molecule has 0 aliphatic heterocycles. The Balaban J connectivity index is 2.47. The van der Waals surface area contributed by atoms with Crippen molar-refractivity contribution in [1.29, 1.82) is 0 Å². The van der Waals surface area contributed by atoms with Crippen LogP contribution < -0.4 is 5.32 Å². The van der Waals surface area contributed by atoms with E-state index in [0.717, 1.165) is 23.7 Å². The molecule has 5 heteroatoms. The third-order valence-corrected chi connectivity index (χ3v) is 3.05. The van der Waals surface area contributed by atoms with Crippen molar-refractivity contribution in [3.05, 3.63) is 11.4 Å². The summed E-state index contributed by atoms with van der Waals surface area (Å²) in [6.45, 7) is 6.96. The van der Waals surface area contributed by atoms with Crippen LogP contribution in [0, 0.1) is 19.8 Å². The average Bonchev–Trinajstić information content (AvgIpc) is 2.20. The van der Waals surface area contributed by atoms with Crippen LogP contribution in [0.1, 0.15) is 18.3 Å². The van der Waals surface area contributed by atoms with E-state index < -0.39 is 0 Å². The van der Waals surface area contributed by atoms with Gasteiger partial charge in [0, 0.05) is 6.54 Å². The van der Waals surface area contributed by atoms with Gasteiger partial charge in [-0.15, -0.1) is 5.10 Å². The van der Waals surface area contributed by atoms with Gasteiger partial charge in [-0.2, -0.15) is 16.9 Å². The van der Waals surface area contributed by atoms with E-state index in [0.29, 0.717) is 11.9 Å². The molecule has 15 heavy (non-hydrogen) atoms. The summed E-state index contributed by atoms with van der Waals surface area (Å²) in [6, 6.07) is 0. The van der Waals surface area contributed by atoms with Crippen molar-refractivity contribution in [2.75, 3.05) is 23.9 Å². The zero-order chi connectivity index (χ0) is 11.3. The van der Waals surface area contributed by atoms with Gasteiger partial charge in [0.15, 0.2) is 0 Å². The van der Waals surface area contributed by atoms with Gasteiger partial charge in [-0.05, 0) is 31.8 Å². The van der Waals surface area contributed by atoms with Gasteiger partial charge in [-0.25, -0.2) is 4.98 Å². The van der Waals surface area contributed by atoms with E-state index >= 15 is 0 Å². The molecule has 0 radical (unpaired) electrons. The number of nitrogens with zero attached hydrogens (tertiary/aromatic N) is 3. The number of rotatable bonds is 5. The molecule has 1 atom stereocenters. The largest absolute Gasteiger partial charge is 0.353 e. The minimum absolute atomic E-state index is 0.616. The summed E-state index contributed by atoms with van der Waals surface area (Å²) < 4.78 is 0. The van der Waals surface area contributed by atoms with E-state index in [9.17, 15) is 0 Å². The lowest BCUT2D eigenvalue weighted by molar-refractivity contribution is 0.693. The van der Waals surface area contributed by atoms with Crippen LogP contribution in [0.2, 0.25) is 0 Å². The van der Waals surface area contributed by atoms with Gasteiger partial charge in [-0.3, -0.25) is 0 Å². The summed E-state index contributed by atoms with van der Waals surface area (Å²) in [5, 5.41) is 11.2. The average molecular weight is 226 g/mol. The zero-order valence-electron chi connectivity index (χ0n) is 9.74. The lowest BCUT2D eigenvalue weighted by Gasteiger charge is -2.10. The summed E-state index contributed by atoms with van der Waals surface area (Å²) in [6.07, 6.45) is 2.12. The fraction of sp³-hybridized carbons (Fsp3) is 0.700. The molecular formula is C10H18N4S. The standard InChI is InChI=1S/C10H18N4S/c1-7(6-15-4)5-11-10-12-8(2)9(3)13-14-10/h7H,5-6H2,1-4H3,(H,11,12,14). The van der Waals surface area contributed by atoms with Crippen molar-refractivity contribution in [2.24, 2.45) is 5.92 Å². The first-order chi connectivity index (χ1) is 7.13. The van der Waals surface area contributed by atoms with E-state index in [-0.39, 0.29) is 0 Å². The fourth-order valence-electron chi connectivity index (χ4n) is 1.14. The molecule has 1 rings (SSSR count). The van der Waals surface area contributed by atoms with E-state index in [2.05, 4.69) is 33.7 Å². The third kappa shape index (κ3) is 4.03. The Labute approximate surface area is 95.3 Å². The van der Waals surface area contributed by atoms with Crippen LogP contribution in [0.5, 0.6) is 0 Å². The molecule has 0 amide bonds. The van der Waals surface area contributed by atoms with Crippen LogP contribution in [-0.4, -0.2) is 33.7 Å². The van der Waals surface area contributed by atoms with Gasteiger partial charge < -0.3 is 5.32 Å². The van der Waals surface area contributed by atoms with Crippen molar-refractivity contribution in [3.8, 4) is 0 Å². The minimum atomic E-state index is 0.616. The molecular weight excluding hydrogens is 208 g/mol. The van der Waals surface area contributed by atoms with E-state index in [1.807, 2.05) is 25.6 Å². The van der Waals surface area contributed by atoms with Crippen molar-refractivity contribution >= 4 is 17.7 Å². The zero-order valence-corrected chi connectivity index (χ0v) is 10.6. The SMILES string of the molecule is CSCC(C)CNc1nnc(C)c(C)n1. The summed E-state index contributed by atoms with van der Waals surface area (Å²) >= 11 is 1.85. The van der Waals surface area contributed by atoms with Gasteiger partial charge in [0.25, 0.3) is 0 Å². The predicted octanol–water partition coefficient (Wildman–Crippen LogP) is 1.90. The Bertz CT molecular complexity index is 316. The van der Waals surface area contributed by atoms with E-state index in [1.54, 1.807) is 0 Å². The third-order valence-electron chi connectivity index (χ3n) is 2.15. The molecule has 0 fully saturated rings. The van der Waals surface area contributed by atoms with Crippen LogP contribution >= 0.6 is 11.8 Å². The molecule has 0 aliphatic rings. The molecule has 0 saturated carbocycles. The molecule has 84 valence electrons. The number of anilines is 1. The first-order valence-electron chi connectivity index (χ1n) is 5.04. The Morgan fingerprint density at radius 3 is 2.60 bits per heavy atom. The monoisotopic (exact) mass is 226 g/mol. The molecule has 1 aromatic heterocycles. The number of thioether (sulfide) groups is 1. The Morgan fingerprint density at radius 2 is 2.00 bits per heavy atom. The van der Waals surface area contributed by atoms with E-state index in [4.69, 9.17) is 0 Å². The molecule has 0 saturated heterocycles. The predicted molar refractivity (Wildman–Crippen MR) is 65.3 cm³/mol. The van der Waals surface area contributed by atoms with Crippen LogP contribution in [0.25, 0.3) is 0 Å². The lowest BCUT2D eigenvalue weighted by atomic mass is 10.2. The number of aryl methyl sites for hydroxylation is 2. The number of hydrogen-bond donors (Lipinski definition) is 1. The van der Waals surface area contributed by atoms with E-state index in [1.165, 1.54) is 0 Å². The highest BCUT2D eigenvalue weighted by Gasteiger charge is 2.04. The second-order valence-electron chi connectivity index (χ2n) is 3.75. The summed E-state index contributed by atoms with van der Waals surface area (Å²) in [7, 11) is 0. The van der Waals surface area contributed by atoms with Crippen molar-refractivity contribution in [2.45, 2.75) is 20.8 Å². The Kier molecular flexibility index (Phi) is 4.81. The molecule has 0 spiro atoms.